The fraction of sp³-hybridized carbons (Fsp3) is 0.600. The van der Waals surface area contributed by atoms with Gasteiger partial charge in [-0.05, 0) is 51.3 Å². The molecule has 1 aliphatic heterocycles. The van der Waals surface area contributed by atoms with E-state index in [4.69, 9.17) is 4.98 Å². The lowest BCUT2D eigenvalue weighted by Crippen LogP contribution is -2.38. The summed E-state index contributed by atoms with van der Waals surface area (Å²) < 4.78 is 1.16. The van der Waals surface area contributed by atoms with E-state index in [1.54, 1.807) is 11.3 Å². The van der Waals surface area contributed by atoms with E-state index in [0.717, 1.165) is 47.0 Å². The Morgan fingerprint density at radius 1 is 1.45 bits per heavy atom. The van der Waals surface area contributed by atoms with Crippen molar-refractivity contribution in [3.8, 4) is 0 Å². The number of hydrogen-bond donors (Lipinski definition) is 1. The predicted octanol–water partition coefficient (Wildman–Crippen LogP) is 2.77. The van der Waals surface area contributed by atoms with Crippen LogP contribution >= 0.6 is 11.3 Å². The van der Waals surface area contributed by atoms with Crippen molar-refractivity contribution in [3.63, 3.8) is 0 Å². The van der Waals surface area contributed by atoms with E-state index in [0.29, 0.717) is 12.5 Å². The molecule has 20 heavy (non-hydrogen) atoms. The molecule has 3 rings (SSSR count). The van der Waals surface area contributed by atoms with Crippen molar-refractivity contribution < 1.29 is 5.11 Å². The number of fused-ring (bicyclic) bond motifs is 1. The number of aliphatic hydroxyl groups is 1. The third-order valence-corrected chi connectivity index (χ3v) is 5.09. The van der Waals surface area contributed by atoms with E-state index in [2.05, 4.69) is 28.9 Å². The summed E-state index contributed by atoms with van der Waals surface area (Å²) in [5.74, 6) is 0.413. The topological polar surface area (TPSA) is 49.2 Å². The summed E-state index contributed by atoms with van der Waals surface area (Å²) in [6.45, 7) is 6.57. The van der Waals surface area contributed by atoms with Gasteiger partial charge in [-0.2, -0.15) is 0 Å². The summed E-state index contributed by atoms with van der Waals surface area (Å²) in [6.07, 6.45) is 2.30. The van der Waals surface area contributed by atoms with E-state index >= 15 is 0 Å². The minimum Gasteiger partial charge on any atom is -0.396 e. The average Bonchev–Trinajstić information content (AvgIpc) is 2.85. The molecule has 1 fully saturated rings. The first-order valence-electron chi connectivity index (χ1n) is 7.26. The molecule has 4 nitrogen and oxygen atoms in total. The van der Waals surface area contributed by atoms with Crippen LogP contribution in [0.15, 0.2) is 12.1 Å². The van der Waals surface area contributed by atoms with Gasteiger partial charge in [0.15, 0.2) is 5.65 Å². The molecule has 0 bridgehead atoms. The molecule has 2 aromatic heterocycles. The van der Waals surface area contributed by atoms with Crippen molar-refractivity contribution in [3.05, 3.63) is 22.8 Å². The monoisotopic (exact) mass is 291 g/mol. The second-order valence-corrected chi connectivity index (χ2v) is 6.89. The van der Waals surface area contributed by atoms with E-state index in [1.807, 2.05) is 6.92 Å². The molecule has 3 heterocycles. The fourth-order valence-corrected chi connectivity index (χ4v) is 3.73. The summed E-state index contributed by atoms with van der Waals surface area (Å²) in [4.78, 5) is 11.6. The molecule has 0 radical (unpaired) electrons. The lowest BCUT2D eigenvalue weighted by molar-refractivity contribution is 0.0923. The Bertz CT molecular complexity index is 598. The SMILES string of the molecule is Cc1nc2nc(C(C)N3CCC[C@H](CO)C3)ccc2s1. The molecule has 2 aromatic rings. The van der Waals surface area contributed by atoms with Crippen LogP contribution in [0.4, 0.5) is 0 Å². The van der Waals surface area contributed by atoms with Crippen molar-refractivity contribution in [2.24, 2.45) is 5.92 Å². The number of aliphatic hydroxyl groups excluding tert-OH is 1. The minimum atomic E-state index is 0.288. The van der Waals surface area contributed by atoms with Gasteiger partial charge in [0.1, 0.15) is 0 Å². The Morgan fingerprint density at radius 3 is 3.10 bits per heavy atom. The molecule has 0 saturated carbocycles. The highest BCUT2D eigenvalue weighted by Gasteiger charge is 2.24. The largest absolute Gasteiger partial charge is 0.396 e. The van der Waals surface area contributed by atoms with Gasteiger partial charge in [0.2, 0.25) is 0 Å². The molecule has 1 unspecified atom stereocenters. The first-order valence-corrected chi connectivity index (χ1v) is 8.08. The summed E-state index contributed by atoms with van der Waals surface area (Å²) >= 11 is 1.69. The molecule has 1 saturated heterocycles. The van der Waals surface area contributed by atoms with Gasteiger partial charge in [-0.1, -0.05) is 0 Å². The number of aromatic nitrogens is 2. The predicted molar refractivity (Wildman–Crippen MR) is 81.9 cm³/mol. The highest BCUT2D eigenvalue weighted by atomic mass is 32.1. The third kappa shape index (κ3) is 2.71. The zero-order valence-electron chi connectivity index (χ0n) is 12.0. The van der Waals surface area contributed by atoms with Gasteiger partial charge < -0.3 is 5.11 Å². The number of aryl methyl sites for hydroxylation is 1. The molecule has 0 amide bonds. The van der Waals surface area contributed by atoms with Crippen LogP contribution in [0.5, 0.6) is 0 Å². The van der Waals surface area contributed by atoms with E-state index in [-0.39, 0.29) is 6.04 Å². The Labute approximate surface area is 123 Å². The Balaban J connectivity index is 1.82. The minimum absolute atomic E-state index is 0.288. The second kappa shape index (κ2) is 5.76. The quantitative estimate of drug-likeness (QED) is 0.944. The number of nitrogens with zero attached hydrogens (tertiary/aromatic N) is 3. The van der Waals surface area contributed by atoms with Crippen LogP contribution in [0.3, 0.4) is 0 Å². The highest BCUT2D eigenvalue weighted by Crippen LogP contribution is 2.27. The maximum absolute atomic E-state index is 9.35. The molecular weight excluding hydrogens is 270 g/mol. The third-order valence-electron chi connectivity index (χ3n) is 4.17. The maximum Gasteiger partial charge on any atom is 0.170 e. The standard InChI is InChI=1S/C15H21N3OS/c1-10(18-7-3-4-12(8-18)9-19)13-5-6-14-15(17-13)16-11(2)20-14/h5-6,10,12,19H,3-4,7-9H2,1-2H3/t10?,12-/m0/s1. The van der Waals surface area contributed by atoms with Crippen molar-refractivity contribution in [2.75, 3.05) is 19.7 Å². The van der Waals surface area contributed by atoms with Crippen LogP contribution < -0.4 is 0 Å². The fourth-order valence-electron chi connectivity index (χ4n) is 2.96. The van der Waals surface area contributed by atoms with Gasteiger partial charge in [0.25, 0.3) is 0 Å². The zero-order valence-corrected chi connectivity index (χ0v) is 12.9. The maximum atomic E-state index is 9.35. The van der Waals surface area contributed by atoms with Crippen LogP contribution in [0, 0.1) is 12.8 Å². The molecule has 0 aromatic carbocycles. The van der Waals surface area contributed by atoms with E-state index in [1.165, 1.54) is 0 Å². The Hall–Kier alpha value is -1.04. The van der Waals surface area contributed by atoms with Crippen molar-refractivity contribution in [2.45, 2.75) is 32.7 Å². The molecule has 1 aliphatic rings. The number of pyridine rings is 1. The number of likely N-dealkylation sites (tertiary alicyclic amines) is 1. The molecule has 1 N–H and O–H groups in total. The van der Waals surface area contributed by atoms with Crippen LogP contribution in [0.25, 0.3) is 10.3 Å². The van der Waals surface area contributed by atoms with Gasteiger partial charge in [0, 0.05) is 19.2 Å². The smallest absolute Gasteiger partial charge is 0.170 e. The summed E-state index contributed by atoms with van der Waals surface area (Å²) in [5, 5.41) is 10.4. The summed E-state index contributed by atoms with van der Waals surface area (Å²) in [6, 6.07) is 4.54. The lowest BCUT2D eigenvalue weighted by atomic mass is 9.97. The summed E-state index contributed by atoms with van der Waals surface area (Å²) in [7, 11) is 0. The summed E-state index contributed by atoms with van der Waals surface area (Å²) in [5.41, 5.74) is 1.95. The van der Waals surface area contributed by atoms with Crippen LogP contribution in [0.2, 0.25) is 0 Å². The molecule has 5 heteroatoms. The van der Waals surface area contributed by atoms with Crippen LogP contribution in [0.1, 0.15) is 36.5 Å². The lowest BCUT2D eigenvalue weighted by Gasteiger charge is -2.35. The van der Waals surface area contributed by atoms with Gasteiger partial charge in [-0.3, -0.25) is 4.90 Å². The van der Waals surface area contributed by atoms with Crippen LogP contribution in [-0.2, 0) is 0 Å². The number of piperidine rings is 1. The highest BCUT2D eigenvalue weighted by molar-refractivity contribution is 7.18. The molecule has 0 spiro atoms. The Morgan fingerprint density at radius 2 is 2.30 bits per heavy atom. The molecule has 2 atom stereocenters. The van der Waals surface area contributed by atoms with Gasteiger partial charge in [-0.15, -0.1) is 11.3 Å². The number of hydrogen-bond acceptors (Lipinski definition) is 5. The molecular formula is C15H21N3OS. The zero-order chi connectivity index (χ0) is 14.1. The van der Waals surface area contributed by atoms with E-state index < -0.39 is 0 Å². The van der Waals surface area contributed by atoms with Gasteiger partial charge >= 0.3 is 0 Å². The van der Waals surface area contributed by atoms with Gasteiger partial charge in [-0.25, -0.2) is 9.97 Å². The van der Waals surface area contributed by atoms with Crippen molar-refractivity contribution in [1.29, 1.82) is 0 Å². The first-order chi connectivity index (χ1) is 9.67. The van der Waals surface area contributed by atoms with E-state index in [9.17, 15) is 5.11 Å². The Kier molecular flexibility index (Phi) is 4.01. The van der Waals surface area contributed by atoms with Gasteiger partial charge in [0.05, 0.1) is 15.4 Å². The van der Waals surface area contributed by atoms with Crippen LogP contribution in [-0.4, -0.2) is 39.7 Å². The second-order valence-electron chi connectivity index (χ2n) is 5.65. The average molecular weight is 291 g/mol. The first kappa shape index (κ1) is 13.9. The number of thiazole rings is 1. The number of rotatable bonds is 3. The normalized spacial score (nSPS) is 22.2. The van der Waals surface area contributed by atoms with Crippen molar-refractivity contribution in [1.82, 2.24) is 14.9 Å². The molecule has 0 aliphatic carbocycles. The van der Waals surface area contributed by atoms with Crippen molar-refractivity contribution >= 4 is 21.7 Å². The molecule has 108 valence electrons.